The molecule has 1 aliphatic heterocycles. The number of para-hydroxylation sites is 2. The summed E-state index contributed by atoms with van der Waals surface area (Å²) in [6, 6.07) is 16.8. The number of benzene rings is 2. The Morgan fingerprint density at radius 1 is 1.10 bits per heavy atom. The highest BCUT2D eigenvalue weighted by molar-refractivity contribution is 5.93. The number of aldehydes is 1. The first-order valence-corrected chi connectivity index (χ1v) is 11.7. The van der Waals surface area contributed by atoms with Crippen LogP contribution in [0.4, 0.5) is 0 Å². The van der Waals surface area contributed by atoms with Gasteiger partial charge < -0.3 is 19.2 Å². The quantitative estimate of drug-likeness (QED) is 0.542. The Hall–Kier alpha value is -2.59. The lowest BCUT2D eigenvalue weighted by molar-refractivity contribution is -0.111. The standard InChI is InChI=1S/C27H31NO3/c1-19-27(30,16-9-17-29)18-28-23-14-7-5-12-21(23)25(20-10-3-2-4-11-20)26(28)22-13-6-8-15-24(22)31-19/h5-8,12-15,17,19-20,30H,2-4,9-11,16,18H2,1H3. The van der Waals surface area contributed by atoms with Crippen molar-refractivity contribution in [2.75, 3.05) is 0 Å². The van der Waals surface area contributed by atoms with Crippen LogP contribution in [-0.2, 0) is 11.3 Å². The second-order valence-corrected chi connectivity index (χ2v) is 9.27. The van der Waals surface area contributed by atoms with E-state index in [1.807, 2.05) is 19.1 Å². The van der Waals surface area contributed by atoms with Gasteiger partial charge in [0.2, 0.25) is 0 Å². The molecule has 1 fully saturated rings. The van der Waals surface area contributed by atoms with Crippen molar-refractivity contribution in [2.45, 2.75) is 76.0 Å². The van der Waals surface area contributed by atoms with Gasteiger partial charge in [0.1, 0.15) is 23.7 Å². The maximum atomic E-state index is 11.7. The van der Waals surface area contributed by atoms with E-state index in [0.29, 0.717) is 25.3 Å². The Balaban J connectivity index is 1.80. The Bertz CT molecular complexity index is 1100. The van der Waals surface area contributed by atoms with E-state index in [4.69, 9.17) is 4.74 Å². The first-order chi connectivity index (χ1) is 15.1. The van der Waals surface area contributed by atoms with E-state index in [1.165, 1.54) is 48.7 Å². The van der Waals surface area contributed by atoms with E-state index in [2.05, 4.69) is 41.0 Å². The number of carbonyl (C=O) groups is 1. The maximum Gasteiger partial charge on any atom is 0.129 e. The van der Waals surface area contributed by atoms with Crippen LogP contribution in [0, 0.1) is 0 Å². The maximum absolute atomic E-state index is 11.7. The minimum Gasteiger partial charge on any atom is -0.487 e. The molecule has 1 aromatic heterocycles. The fraction of sp³-hybridized carbons (Fsp3) is 0.444. The number of rotatable bonds is 4. The van der Waals surface area contributed by atoms with Gasteiger partial charge in [-0.05, 0) is 55.9 Å². The number of fused-ring (bicyclic) bond motifs is 5. The summed E-state index contributed by atoms with van der Waals surface area (Å²) in [6.45, 7) is 2.33. The largest absolute Gasteiger partial charge is 0.487 e. The Kier molecular flexibility index (Phi) is 5.35. The van der Waals surface area contributed by atoms with Crippen LogP contribution >= 0.6 is 0 Å². The zero-order valence-electron chi connectivity index (χ0n) is 18.2. The van der Waals surface area contributed by atoms with E-state index in [-0.39, 0.29) is 0 Å². The molecule has 1 aliphatic carbocycles. The summed E-state index contributed by atoms with van der Waals surface area (Å²) in [5.74, 6) is 1.32. The average Bonchev–Trinajstić information content (AvgIpc) is 3.11. The van der Waals surface area contributed by atoms with Crippen molar-refractivity contribution in [3.05, 3.63) is 54.1 Å². The minimum absolute atomic E-state index is 0.315. The molecule has 5 rings (SSSR count). The smallest absolute Gasteiger partial charge is 0.129 e. The van der Waals surface area contributed by atoms with Gasteiger partial charge in [0.15, 0.2) is 0 Å². The predicted molar refractivity (Wildman–Crippen MR) is 124 cm³/mol. The Morgan fingerprint density at radius 3 is 2.65 bits per heavy atom. The second kappa shape index (κ2) is 8.16. The lowest BCUT2D eigenvalue weighted by Crippen LogP contribution is -2.48. The highest BCUT2D eigenvalue weighted by Crippen LogP contribution is 2.48. The van der Waals surface area contributed by atoms with Gasteiger partial charge in [-0.15, -0.1) is 0 Å². The molecule has 2 atom stereocenters. The highest BCUT2D eigenvalue weighted by atomic mass is 16.5. The summed E-state index contributed by atoms with van der Waals surface area (Å²) >= 11 is 0. The molecule has 0 spiro atoms. The number of aliphatic hydroxyl groups is 1. The molecule has 4 heteroatoms. The summed E-state index contributed by atoms with van der Waals surface area (Å²) in [6.07, 6.45) is 7.41. The number of nitrogens with zero attached hydrogens (tertiary/aromatic N) is 1. The van der Waals surface area contributed by atoms with Crippen LogP contribution < -0.4 is 4.74 Å². The van der Waals surface area contributed by atoms with Gasteiger partial charge in [0.25, 0.3) is 0 Å². The van der Waals surface area contributed by atoms with Gasteiger partial charge in [-0.3, -0.25) is 0 Å². The highest BCUT2D eigenvalue weighted by Gasteiger charge is 2.40. The number of ether oxygens (including phenoxy) is 1. The molecule has 4 nitrogen and oxygen atoms in total. The van der Waals surface area contributed by atoms with Crippen LogP contribution in [0.25, 0.3) is 22.2 Å². The summed E-state index contributed by atoms with van der Waals surface area (Å²) < 4.78 is 8.67. The molecule has 2 aromatic carbocycles. The van der Waals surface area contributed by atoms with Gasteiger partial charge in [-0.25, -0.2) is 0 Å². The molecule has 3 aromatic rings. The van der Waals surface area contributed by atoms with Crippen LogP contribution in [0.3, 0.4) is 0 Å². The zero-order chi connectivity index (χ0) is 21.4. The number of carbonyl (C=O) groups excluding carboxylic acids is 1. The summed E-state index contributed by atoms with van der Waals surface area (Å²) in [4.78, 5) is 11.2. The van der Waals surface area contributed by atoms with Crippen molar-refractivity contribution >= 4 is 17.2 Å². The third-order valence-electron chi connectivity index (χ3n) is 7.35. The van der Waals surface area contributed by atoms with Crippen molar-refractivity contribution in [1.82, 2.24) is 4.57 Å². The lowest BCUT2D eigenvalue weighted by atomic mass is 9.81. The van der Waals surface area contributed by atoms with Gasteiger partial charge in [-0.1, -0.05) is 49.6 Å². The molecular weight excluding hydrogens is 386 g/mol. The van der Waals surface area contributed by atoms with Crippen molar-refractivity contribution in [1.29, 1.82) is 0 Å². The molecule has 0 amide bonds. The lowest BCUT2D eigenvalue weighted by Gasteiger charge is -2.38. The molecule has 2 aliphatic rings. The monoisotopic (exact) mass is 417 g/mol. The third-order valence-corrected chi connectivity index (χ3v) is 7.35. The predicted octanol–water partition coefficient (Wildman–Crippen LogP) is 5.85. The molecule has 1 N–H and O–H groups in total. The molecule has 2 heterocycles. The molecule has 1 saturated carbocycles. The minimum atomic E-state index is -1.13. The van der Waals surface area contributed by atoms with E-state index in [1.54, 1.807) is 0 Å². The molecule has 31 heavy (non-hydrogen) atoms. The van der Waals surface area contributed by atoms with Gasteiger partial charge in [0, 0.05) is 22.9 Å². The molecule has 0 radical (unpaired) electrons. The van der Waals surface area contributed by atoms with Crippen LogP contribution in [0.15, 0.2) is 48.5 Å². The van der Waals surface area contributed by atoms with Crippen molar-refractivity contribution < 1.29 is 14.6 Å². The Labute approximate surface area is 183 Å². The third kappa shape index (κ3) is 3.47. The number of hydrogen-bond acceptors (Lipinski definition) is 3. The molecule has 162 valence electrons. The molecular formula is C27H31NO3. The summed E-state index contributed by atoms with van der Waals surface area (Å²) in [7, 11) is 0. The second-order valence-electron chi connectivity index (χ2n) is 9.27. The van der Waals surface area contributed by atoms with Gasteiger partial charge >= 0.3 is 0 Å². The summed E-state index contributed by atoms with van der Waals surface area (Å²) in [5.41, 5.74) is 3.71. The van der Waals surface area contributed by atoms with E-state index in [0.717, 1.165) is 23.1 Å². The first kappa shape index (κ1) is 20.3. The van der Waals surface area contributed by atoms with E-state index in [9.17, 15) is 9.90 Å². The zero-order valence-corrected chi connectivity index (χ0v) is 18.2. The van der Waals surface area contributed by atoms with E-state index >= 15 is 0 Å². The van der Waals surface area contributed by atoms with Crippen molar-refractivity contribution in [3.8, 4) is 17.0 Å². The fourth-order valence-corrected chi connectivity index (χ4v) is 5.65. The average molecular weight is 418 g/mol. The van der Waals surface area contributed by atoms with Crippen molar-refractivity contribution in [2.24, 2.45) is 0 Å². The topological polar surface area (TPSA) is 51.5 Å². The van der Waals surface area contributed by atoms with Crippen LogP contribution in [-0.4, -0.2) is 27.7 Å². The first-order valence-electron chi connectivity index (χ1n) is 11.7. The van der Waals surface area contributed by atoms with Crippen LogP contribution in [0.2, 0.25) is 0 Å². The molecule has 2 unspecified atom stereocenters. The van der Waals surface area contributed by atoms with Gasteiger partial charge in [-0.2, -0.15) is 0 Å². The molecule has 0 saturated heterocycles. The SMILES string of the molecule is CC1Oc2ccccc2-c2c(C3CCCCC3)c3ccccc3n2CC1(O)CCC=O. The van der Waals surface area contributed by atoms with E-state index < -0.39 is 11.7 Å². The van der Waals surface area contributed by atoms with Crippen LogP contribution in [0.1, 0.15) is 63.4 Å². The molecule has 0 bridgehead atoms. The van der Waals surface area contributed by atoms with Crippen molar-refractivity contribution in [3.63, 3.8) is 0 Å². The van der Waals surface area contributed by atoms with Gasteiger partial charge in [0.05, 0.1) is 12.2 Å². The fourth-order valence-electron chi connectivity index (χ4n) is 5.65. The normalized spacial score (nSPS) is 24.0. The number of aromatic nitrogens is 1. The Morgan fingerprint density at radius 2 is 1.84 bits per heavy atom. The van der Waals surface area contributed by atoms with Crippen LogP contribution in [0.5, 0.6) is 5.75 Å². The number of hydrogen-bond donors (Lipinski definition) is 1. The summed E-state index contributed by atoms with van der Waals surface area (Å²) in [5, 5.41) is 13.0.